The van der Waals surface area contributed by atoms with E-state index < -0.39 is 9.05 Å². The number of benzene rings is 1. The summed E-state index contributed by atoms with van der Waals surface area (Å²) >= 11 is 0. The molecule has 20 heavy (non-hydrogen) atoms. The molecule has 1 heterocycles. The highest BCUT2D eigenvalue weighted by Gasteiger charge is 2.17. The van der Waals surface area contributed by atoms with Crippen molar-refractivity contribution in [2.45, 2.75) is 25.3 Å². The Bertz CT molecular complexity index is 738. The van der Waals surface area contributed by atoms with Gasteiger partial charge in [-0.3, -0.25) is 0 Å². The van der Waals surface area contributed by atoms with E-state index in [0.29, 0.717) is 17.9 Å². The Kier molecular flexibility index (Phi) is 4.06. The SMILES string of the molecule is Cc1c(OCc2cncn2C)ccc(S(=O)(=O)Cl)c1C. The van der Waals surface area contributed by atoms with Crippen LogP contribution in [0.4, 0.5) is 0 Å². The van der Waals surface area contributed by atoms with E-state index in [0.717, 1.165) is 11.3 Å². The highest BCUT2D eigenvalue weighted by Crippen LogP contribution is 2.29. The first kappa shape index (κ1) is 14.9. The van der Waals surface area contributed by atoms with Crippen molar-refractivity contribution < 1.29 is 13.2 Å². The average Bonchev–Trinajstić information content (AvgIpc) is 2.75. The molecule has 0 amide bonds. The Hall–Kier alpha value is -1.53. The summed E-state index contributed by atoms with van der Waals surface area (Å²) in [5.41, 5.74) is 2.28. The van der Waals surface area contributed by atoms with Crippen LogP contribution < -0.4 is 4.74 Å². The maximum absolute atomic E-state index is 11.4. The third kappa shape index (κ3) is 2.96. The lowest BCUT2D eigenvalue weighted by Crippen LogP contribution is -2.04. The Labute approximate surface area is 122 Å². The predicted molar refractivity (Wildman–Crippen MR) is 76.5 cm³/mol. The quantitative estimate of drug-likeness (QED) is 0.814. The second-order valence-corrected chi connectivity index (χ2v) is 7.07. The van der Waals surface area contributed by atoms with Crippen LogP contribution in [0.5, 0.6) is 5.75 Å². The molecule has 0 atom stereocenters. The van der Waals surface area contributed by atoms with Crippen LogP contribution in [0.2, 0.25) is 0 Å². The highest BCUT2D eigenvalue weighted by atomic mass is 35.7. The summed E-state index contributed by atoms with van der Waals surface area (Å²) in [5, 5.41) is 0. The van der Waals surface area contributed by atoms with Gasteiger partial charge in [-0.2, -0.15) is 0 Å². The maximum Gasteiger partial charge on any atom is 0.261 e. The van der Waals surface area contributed by atoms with Crippen LogP contribution >= 0.6 is 10.7 Å². The molecule has 0 bridgehead atoms. The number of imidazole rings is 1. The van der Waals surface area contributed by atoms with E-state index in [1.807, 2.05) is 11.6 Å². The van der Waals surface area contributed by atoms with Gasteiger partial charge in [0, 0.05) is 17.7 Å². The summed E-state index contributed by atoms with van der Waals surface area (Å²) in [5.74, 6) is 0.632. The molecule has 0 N–H and O–H groups in total. The minimum absolute atomic E-state index is 0.115. The van der Waals surface area contributed by atoms with E-state index >= 15 is 0 Å². The number of nitrogens with zero attached hydrogens (tertiary/aromatic N) is 2. The van der Waals surface area contributed by atoms with E-state index in [4.69, 9.17) is 15.4 Å². The van der Waals surface area contributed by atoms with E-state index in [9.17, 15) is 8.42 Å². The highest BCUT2D eigenvalue weighted by molar-refractivity contribution is 8.13. The summed E-state index contributed by atoms with van der Waals surface area (Å²) in [6.45, 7) is 3.88. The van der Waals surface area contributed by atoms with Gasteiger partial charge in [-0.05, 0) is 37.1 Å². The van der Waals surface area contributed by atoms with Crippen LogP contribution in [0.3, 0.4) is 0 Å². The van der Waals surface area contributed by atoms with Crippen molar-refractivity contribution in [2.75, 3.05) is 0 Å². The summed E-state index contributed by atoms with van der Waals surface area (Å²) in [4.78, 5) is 4.12. The number of aryl methyl sites for hydroxylation is 1. The molecule has 0 unspecified atom stereocenters. The second-order valence-electron chi connectivity index (χ2n) is 4.53. The number of aromatic nitrogens is 2. The van der Waals surface area contributed by atoms with Crippen LogP contribution in [0.25, 0.3) is 0 Å². The zero-order valence-corrected chi connectivity index (χ0v) is 13.0. The van der Waals surface area contributed by atoms with E-state index in [2.05, 4.69) is 4.98 Å². The molecule has 2 rings (SSSR count). The third-order valence-electron chi connectivity index (χ3n) is 3.24. The maximum atomic E-state index is 11.4. The molecule has 0 radical (unpaired) electrons. The normalized spacial score (nSPS) is 11.6. The lowest BCUT2D eigenvalue weighted by molar-refractivity contribution is 0.294. The molecule has 0 spiro atoms. The molecule has 2 aromatic rings. The molecule has 0 fully saturated rings. The first-order valence-electron chi connectivity index (χ1n) is 5.93. The van der Waals surface area contributed by atoms with Crippen LogP contribution in [-0.2, 0) is 22.7 Å². The number of hydrogen-bond acceptors (Lipinski definition) is 4. The van der Waals surface area contributed by atoms with E-state index in [1.165, 1.54) is 6.07 Å². The van der Waals surface area contributed by atoms with Gasteiger partial charge in [0.15, 0.2) is 0 Å². The summed E-state index contributed by atoms with van der Waals surface area (Å²) in [6.07, 6.45) is 3.42. The fourth-order valence-corrected chi connectivity index (χ4v) is 3.12. The molecule has 1 aromatic carbocycles. The smallest absolute Gasteiger partial charge is 0.261 e. The van der Waals surface area contributed by atoms with Crippen molar-refractivity contribution >= 4 is 19.7 Å². The van der Waals surface area contributed by atoms with Gasteiger partial charge >= 0.3 is 0 Å². The molecular formula is C13H15ClN2O3S. The minimum Gasteiger partial charge on any atom is -0.487 e. The zero-order chi connectivity index (χ0) is 14.9. The van der Waals surface area contributed by atoms with Gasteiger partial charge in [0.25, 0.3) is 9.05 Å². The Morgan fingerprint density at radius 3 is 2.55 bits per heavy atom. The molecule has 7 heteroatoms. The monoisotopic (exact) mass is 314 g/mol. The van der Waals surface area contributed by atoms with Gasteiger partial charge in [0.2, 0.25) is 0 Å². The molecular weight excluding hydrogens is 300 g/mol. The zero-order valence-electron chi connectivity index (χ0n) is 11.4. The largest absolute Gasteiger partial charge is 0.487 e. The predicted octanol–water partition coefficient (Wildman–Crippen LogP) is 2.54. The van der Waals surface area contributed by atoms with Gasteiger partial charge < -0.3 is 9.30 Å². The van der Waals surface area contributed by atoms with Gasteiger partial charge in [0.1, 0.15) is 12.4 Å². The van der Waals surface area contributed by atoms with Gasteiger partial charge in [0.05, 0.1) is 23.1 Å². The molecule has 1 aromatic heterocycles. The lowest BCUT2D eigenvalue weighted by atomic mass is 10.1. The van der Waals surface area contributed by atoms with Crippen molar-refractivity contribution in [1.29, 1.82) is 0 Å². The minimum atomic E-state index is -3.74. The summed E-state index contributed by atoms with van der Waals surface area (Å²) in [7, 11) is 3.53. The van der Waals surface area contributed by atoms with Crippen LogP contribution in [0.15, 0.2) is 29.6 Å². The van der Waals surface area contributed by atoms with Crippen LogP contribution in [0.1, 0.15) is 16.8 Å². The Balaban J connectivity index is 2.27. The van der Waals surface area contributed by atoms with Crippen LogP contribution in [-0.4, -0.2) is 18.0 Å². The standard InChI is InChI=1S/C13H15ClN2O3S/c1-9-10(2)13(20(14,17)18)5-4-12(9)19-7-11-6-15-8-16(11)3/h4-6,8H,7H2,1-3H3. The van der Waals surface area contributed by atoms with Crippen molar-refractivity contribution in [2.24, 2.45) is 7.05 Å². The fourth-order valence-electron chi connectivity index (χ4n) is 1.87. The van der Waals surface area contributed by atoms with Gasteiger partial charge in [-0.25, -0.2) is 13.4 Å². The molecule has 0 aliphatic rings. The summed E-state index contributed by atoms with van der Waals surface area (Å²) < 4.78 is 30.4. The number of rotatable bonds is 4. The van der Waals surface area contributed by atoms with Crippen LogP contribution in [0, 0.1) is 13.8 Å². The van der Waals surface area contributed by atoms with Gasteiger partial charge in [-0.15, -0.1) is 0 Å². The lowest BCUT2D eigenvalue weighted by Gasteiger charge is -2.13. The number of halogens is 1. The first-order chi connectivity index (χ1) is 9.30. The molecule has 0 saturated heterocycles. The Morgan fingerprint density at radius 1 is 1.30 bits per heavy atom. The number of hydrogen-bond donors (Lipinski definition) is 0. The van der Waals surface area contributed by atoms with Gasteiger partial charge in [-0.1, -0.05) is 0 Å². The molecule has 108 valence electrons. The average molecular weight is 315 g/mol. The molecule has 5 nitrogen and oxygen atoms in total. The second kappa shape index (κ2) is 5.46. The third-order valence-corrected chi connectivity index (χ3v) is 4.71. The molecule has 0 aliphatic carbocycles. The molecule has 0 saturated carbocycles. The number of ether oxygens (including phenoxy) is 1. The Morgan fingerprint density at radius 2 is 2.00 bits per heavy atom. The first-order valence-corrected chi connectivity index (χ1v) is 8.24. The molecule has 0 aliphatic heterocycles. The van der Waals surface area contributed by atoms with Crippen molar-refractivity contribution in [3.63, 3.8) is 0 Å². The van der Waals surface area contributed by atoms with Crippen molar-refractivity contribution in [1.82, 2.24) is 9.55 Å². The fraction of sp³-hybridized carbons (Fsp3) is 0.308. The summed E-state index contributed by atoms with van der Waals surface area (Å²) in [6, 6.07) is 3.08. The van der Waals surface area contributed by atoms with Crippen molar-refractivity contribution in [3.8, 4) is 5.75 Å². The topological polar surface area (TPSA) is 61.2 Å². The van der Waals surface area contributed by atoms with E-state index in [-0.39, 0.29) is 4.90 Å². The van der Waals surface area contributed by atoms with E-state index in [1.54, 1.807) is 32.4 Å². The van der Waals surface area contributed by atoms with Crippen molar-refractivity contribution in [3.05, 3.63) is 41.5 Å².